The Morgan fingerprint density at radius 3 is 2.38 bits per heavy atom. The highest BCUT2D eigenvalue weighted by Gasteiger charge is 2.08. The normalized spacial score (nSPS) is 11.4. The third-order valence-corrected chi connectivity index (χ3v) is 3.93. The van der Waals surface area contributed by atoms with Crippen LogP contribution in [0, 0.1) is 0 Å². The molecule has 0 aliphatic rings. The molecular weight excluding hydrogens is 288 g/mol. The van der Waals surface area contributed by atoms with Crippen LogP contribution >= 0.6 is 0 Å². The topological polar surface area (TPSA) is 54.0 Å². The molecule has 6 heteroatoms. The van der Waals surface area contributed by atoms with Gasteiger partial charge in [0.2, 0.25) is 0 Å². The van der Waals surface area contributed by atoms with Crippen LogP contribution in [0.4, 0.5) is 0 Å². The lowest BCUT2D eigenvalue weighted by Crippen LogP contribution is -2.25. The fraction of sp³-hybridized carbons (Fsp3) is 0.800. The van der Waals surface area contributed by atoms with E-state index in [1.807, 2.05) is 0 Å². The monoisotopic (exact) mass is 318 g/mol. The summed E-state index contributed by atoms with van der Waals surface area (Å²) < 4.78 is 21.8. The van der Waals surface area contributed by atoms with Gasteiger partial charge in [0.25, 0.3) is 0 Å². The van der Waals surface area contributed by atoms with Gasteiger partial charge in [-0.2, -0.15) is 0 Å². The Bertz CT molecular complexity index is 252. The molecule has 0 atom stereocenters. The van der Waals surface area contributed by atoms with E-state index >= 15 is 0 Å². The quantitative estimate of drug-likeness (QED) is 0.152. The van der Waals surface area contributed by atoms with Crippen LogP contribution in [-0.4, -0.2) is 48.4 Å². The highest BCUT2D eigenvalue weighted by Crippen LogP contribution is 2.01. The van der Waals surface area contributed by atoms with Gasteiger partial charge < -0.3 is 18.6 Å². The van der Waals surface area contributed by atoms with Gasteiger partial charge in [-0.1, -0.05) is 26.8 Å². The van der Waals surface area contributed by atoms with Gasteiger partial charge in [-0.25, -0.2) is 4.79 Å². The third kappa shape index (κ3) is 14.0. The smallest absolute Gasteiger partial charge is 0.330 e. The van der Waals surface area contributed by atoms with Crippen molar-refractivity contribution in [3.63, 3.8) is 0 Å². The zero-order valence-corrected chi connectivity index (χ0v) is 14.9. The number of carbonyl (C=O) groups is 1. The van der Waals surface area contributed by atoms with Crippen LogP contribution in [0.1, 0.15) is 39.5 Å². The van der Waals surface area contributed by atoms with Crippen molar-refractivity contribution in [3.8, 4) is 0 Å². The van der Waals surface area contributed by atoms with Gasteiger partial charge in [-0.05, 0) is 25.3 Å². The summed E-state index contributed by atoms with van der Waals surface area (Å²) in [7, 11) is -0.551. The molecule has 0 bridgehead atoms. The number of hydrogen-bond donors (Lipinski definition) is 0. The first-order chi connectivity index (χ1) is 10.2. The molecule has 0 saturated heterocycles. The van der Waals surface area contributed by atoms with Gasteiger partial charge >= 0.3 is 5.97 Å². The van der Waals surface area contributed by atoms with Crippen LogP contribution in [0.5, 0.6) is 0 Å². The standard InChI is InChI=1S/C15H30O5Si/c1-4-9-18-15(19-10-5-2)13-20-21-12-8-7-11-17-14(16)6-3/h6,15H,3-5,7-13,21H2,1-2H3. The number of rotatable bonds is 15. The molecule has 0 unspecified atom stereocenters. The third-order valence-electron chi connectivity index (χ3n) is 2.61. The first-order valence-electron chi connectivity index (χ1n) is 7.84. The van der Waals surface area contributed by atoms with Gasteiger partial charge in [-0.3, -0.25) is 0 Å². The minimum Gasteiger partial charge on any atom is -0.463 e. The summed E-state index contributed by atoms with van der Waals surface area (Å²) in [5.41, 5.74) is 0. The van der Waals surface area contributed by atoms with E-state index < -0.39 is 9.76 Å². The maximum Gasteiger partial charge on any atom is 0.330 e. The summed E-state index contributed by atoms with van der Waals surface area (Å²) in [6.45, 7) is 9.89. The van der Waals surface area contributed by atoms with E-state index in [0.717, 1.165) is 31.7 Å². The van der Waals surface area contributed by atoms with Crippen molar-refractivity contribution in [2.24, 2.45) is 0 Å². The van der Waals surface area contributed by atoms with Crippen molar-refractivity contribution in [1.29, 1.82) is 0 Å². The van der Waals surface area contributed by atoms with Gasteiger partial charge in [0.1, 0.15) is 0 Å². The second kappa shape index (κ2) is 15.7. The summed E-state index contributed by atoms with van der Waals surface area (Å²) in [4.78, 5) is 10.8. The summed E-state index contributed by atoms with van der Waals surface area (Å²) in [5, 5.41) is 0. The Labute approximate surface area is 130 Å². The number of ether oxygens (including phenoxy) is 3. The SMILES string of the molecule is C=CC(=O)OCCCC[SiH2]OCC(OCCC)OCCC. The zero-order chi connectivity index (χ0) is 15.8. The molecule has 124 valence electrons. The largest absolute Gasteiger partial charge is 0.463 e. The zero-order valence-electron chi connectivity index (χ0n) is 13.5. The van der Waals surface area contributed by atoms with Crippen molar-refractivity contribution >= 4 is 15.7 Å². The molecule has 0 aromatic rings. The van der Waals surface area contributed by atoms with Crippen LogP contribution in [0.25, 0.3) is 0 Å². The fourth-order valence-electron chi connectivity index (χ4n) is 1.54. The number of esters is 1. The van der Waals surface area contributed by atoms with Crippen LogP contribution < -0.4 is 0 Å². The van der Waals surface area contributed by atoms with Crippen molar-refractivity contribution in [2.45, 2.75) is 51.9 Å². The molecule has 0 aromatic carbocycles. The molecule has 0 aromatic heterocycles. The second-order valence-electron chi connectivity index (χ2n) is 4.68. The van der Waals surface area contributed by atoms with E-state index in [0.29, 0.717) is 26.4 Å². The maximum absolute atomic E-state index is 10.8. The molecule has 0 saturated carbocycles. The summed E-state index contributed by atoms with van der Waals surface area (Å²) in [6.07, 6.45) is 4.81. The highest BCUT2D eigenvalue weighted by molar-refractivity contribution is 6.26. The molecule has 0 fully saturated rings. The molecule has 0 spiro atoms. The number of carbonyl (C=O) groups excluding carboxylic acids is 1. The molecule has 0 heterocycles. The molecule has 0 amide bonds. The molecule has 0 aliphatic carbocycles. The van der Waals surface area contributed by atoms with Crippen LogP contribution in [0.3, 0.4) is 0 Å². The molecular formula is C15H30O5Si. The number of hydrogen-bond acceptors (Lipinski definition) is 5. The van der Waals surface area contributed by atoms with E-state index in [4.69, 9.17) is 18.6 Å². The minimum atomic E-state index is -0.551. The van der Waals surface area contributed by atoms with E-state index in [2.05, 4.69) is 20.4 Å². The molecule has 0 rings (SSSR count). The van der Waals surface area contributed by atoms with Gasteiger partial charge in [0, 0.05) is 19.3 Å². The first kappa shape index (κ1) is 20.3. The van der Waals surface area contributed by atoms with Crippen molar-refractivity contribution < 1.29 is 23.4 Å². The predicted octanol–water partition coefficient (Wildman–Crippen LogP) is 2.19. The van der Waals surface area contributed by atoms with E-state index in [9.17, 15) is 4.79 Å². The summed E-state index contributed by atoms with van der Waals surface area (Å²) >= 11 is 0. The minimum absolute atomic E-state index is 0.231. The van der Waals surface area contributed by atoms with Gasteiger partial charge in [0.15, 0.2) is 16.1 Å². The van der Waals surface area contributed by atoms with E-state index in [1.54, 1.807) is 0 Å². The first-order valence-corrected chi connectivity index (χ1v) is 9.42. The predicted molar refractivity (Wildman–Crippen MR) is 86.0 cm³/mol. The Hall–Kier alpha value is -0.693. The molecule has 0 N–H and O–H groups in total. The van der Waals surface area contributed by atoms with Crippen molar-refractivity contribution in [1.82, 2.24) is 0 Å². The highest BCUT2D eigenvalue weighted by atomic mass is 28.2. The maximum atomic E-state index is 10.8. The lowest BCUT2D eigenvalue weighted by molar-refractivity contribution is -0.158. The molecule has 21 heavy (non-hydrogen) atoms. The van der Waals surface area contributed by atoms with E-state index in [-0.39, 0.29) is 12.3 Å². The fourth-order valence-corrected chi connectivity index (χ4v) is 2.66. The Kier molecular flexibility index (Phi) is 15.2. The molecule has 5 nitrogen and oxygen atoms in total. The van der Waals surface area contributed by atoms with Crippen molar-refractivity contribution in [2.75, 3.05) is 26.4 Å². The Morgan fingerprint density at radius 2 is 1.81 bits per heavy atom. The van der Waals surface area contributed by atoms with E-state index in [1.165, 1.54) is 6.08 Å². The lowest BCUT2D eigenvalue weighted by Gasteiger charge is -2.18. The Balaban J connectivity index is 3.47. The summed E-state index contributed by atoms with van der Waals surface area (Å²) in [5.74, 6) is -0.354. The summed E-state index contributed by atoms with van der Waals surface area (Å²) in [6, 6.07) is 1.07. The lowest BCUT2D eigenvalue weighted by atomic mass is 10.4. The second-order valence-corrected chi connectivity index (χ2v) is 6.20. The van der Waals surface area contributed by atoms with Gasteiger partial charge in [0.05, 0.1) is 13.2 Å². The molecule has 0 aliphatic heterocycles. The van der Waals surface area contributed by atoms with Crippen molar-refractivity contribution in [3.05, 3.63) is 12.7 Å². The van der Waals surface area contributed by atoms with Gasteiger partial charge in [-0.15, -0.1) is 0 Å². The average molecular weight is 318 g/mol. The van der Waals surface area contributed by atoms with Crippen LogP contribution in [-0.2, 0) is 23.4 Å². The number of unbranched alkanes of at least 4 members (excludes halogenated alkanes) is 1. The average Bonchev–Trinajstić information content (AvgIpc) is 2.51. The Morgan fingerprint density at radius 1 is 1.14 bits per heavy atom. The van der Waals surface area contributed by atoms with Crippen LogP contribution in [0.2, 0.25) is 6.04 Å². The van der Waals surface area contributed by atoms with Crippen LogP contribution in [0.15, 0.2) is 12.7 Å². The molecule has 0 radical (unpaired) electrons.